The lowest BCUT2D eigenvalue weighted by Gasteiger charge is -2.27. The van der Waals surface area contributed by atoms with Crippen LogP contribution >= 0.6 is 11.6 Å². The maximum absolute atomic E-state index is 11.3. The zero-order valence-electron chi connectivity index (χ0n) is 16.1. The van der Waals surface area contributed by atoms with Crippen LogP contribution < -0.4 is 5.32 Å². The van der Waals surface area contributed by atoms with Gasteiger partial charge < -0.3 is 10.4 Å². The number of carbonyl (C=O) groups is 1. The Morgan fingerprint density at radius 1 is 1.21 bits per heavy atom. The maximum Gasteiger partial charge on any atom is 0.306 e. The summed E-state index contributed by atoms with van der Waals surface area (Å²) in [4.78, 5) is 20.4. The Bertz CT molecular complexity index is 942. The summed E-state index contributed by atoms with van der Waals surface area (Å²) in [6.45, 7) is 0. The summed E-state index contributed by atoms with van der Waals surface area (Å²) in [6, 6.07) is 10.3. The summed E-state index contributed by atoms with van der Waals surface area (Å²) in [5.74, 6) is -0.427. The Kier molecular flexibility index (Phi) is 5.95. The molecule has 2 aliphatic carbocycles. The number of hydrogen-bond acceptors (Lipinski definition) is 4. The average molecular weight is 410 g/mol. The van der Waals surface area contributed by atoms with E-state index in [0.717, 1.165) is 37.0 Å². The molecule has 0 amide bonds. The van der Waals surface area contributed by atoms with Gasteiger partial charge in [0.25, 0.3) is 0 Å². The highest BCUT2D eigenvalue weighted by Gasteiger charge is 2.27. The first-order valence-corrected chi connectivity index (χ1v) is 10.4. The van der Waals surface area contributed by atoms with Crippen molar-refractivity contribution in [2.45, 2.75) is 44.1 Å². The van der Waals surface area contributed by atoms with Crippen LogP contribution in [0.1, 0.15) is 49.3 Å². The highest BCUT2D eigenvalue weighted by Crippen LogP contribution is 2.34. The molecule has 0 bridgehead atoms. The molecule has 2 aromatic rings. The third-order valence-corrected chi connectivity index (χ3v) is 5.95. The van der Waals surface area contributed by atoms with Crippen molar-refractivity contribution in [3.63, 3.8) is 0 Å². The van der Waals surface area contributed by atoms with Crippen LogP contribution in [0.4, 0.5) is 5.95 Å². The Morgan fingerprint density at radius 3 is 2.83 bits per heavy atom. The van der Waals surface area contributed by atoms with Gasteiger partial charge in [0.05, 0.1) is 22.8 Å². The number of rotatable bonds is 5. The van der Waals surface area contributed by atoms with Crippen LogP contribution in [0.5, 0.6) is 0 Å². The van der Waals surface area contributed by atoms with Crippen molar-refractivity contribution in [3.05, 3.63) is 71.0 Å². The van der Waals surface area contributed by atoms with Gasteiger partial charge in [-0.05, 0) is 36.8 Å². The van der Waals surface area contributed by atoms with E-state index in [2.05, 4.69) is 40.7 Å². The minimum absolute atomic E-state index is 0.0700. The van der Waals surface area contributed by atoms with Crippen molar-refractivity contribution in [2.24, 2.45) is 5.92 Å². The number of carboxylic acids is 1. The summed E-state index contributed by atoms with van der Waals surface area (Å²) in [6.07, 6.45) is 12.1. The number of nitrogens with zero attached hydrogens (tertiary/aromatic N) is 2. The number of benzene rings is 1. The topological polar surface area (TPSA) is 75.1 Å². The largest absolute Gasteiger partial charge is 0.481 e. The fourth-order valence-corrected chi connectivity index (χ4v) is 4.36. The van der Waals surface area contributed by atoms with Gasteiger partial charge in [-0.15, -0.1) is 0 Å². The fourth-order valence-electron chi connectivity index (χ4n) is 4.13. The van der Waals surface area contributed by atoms with Crippen LogP contribution in [-0.2, 0) is 4.79 Å². The molecule has 3 atom stereocenters. The van der Waals surface area contributed by atoms with Crippen LogP contribution in [0.2, 0.25) is 5.02 Å². The molecular formula is C23H24ClN3O2. The van der Waals surface area contributed by atoms with Crippen LogP contribution in [0.3, 0.4) is 0 Å². The van der Waals surface area contributed by atoms with Crippen LogP contribution in [0.25, 0.3) is 5.57 Å². The number of hydrogen-bond donors (Lipinski definition) is 2. The van der Waals surface area contributed by atoms with Gasteiger partial charge in [0.2, 0.25) is 5.95 Å². The van der Waals surface area contributed by atoms with Gasteiger partial charge in [-0.1, -0.05) is 66.6 Å². The van der Waals surface area contributed by atoms with Gasteiger partial charge >= 0.3 is 5.97 Å². The summed E-state index contributed by atoms with van der Waals surface area (Å²) < 4.78 is 0. The summed E-state index contributed by atoms with van der Waals surface area (Å²) in [5.41, 5.74) is 3.12. The van der Waals surface area contributed by atoms with E-state index in [1.807, 2.05) is 18.2 Å². The molecule has 4 rings (SSSR count). The van der Waals surface area contributed by atoms with E-state index in [0.29, 0.717) is 17.4 Å². The number of anilines is 1. The van der Waals surface area contributed by atoms with Crippen LogP contribution in [-0.4, -0.2) is 27.1 Å². The predicted octanol–water partition coefficient (Wildman–Crippen LogP) is 5.31. The van der Waals surface area contributed by atoms with Gasteiger partial charge in [-0.2, -0.15) is 0 Å². The quantitative estimate of drug-likeness (QED) is 0.699. The third-order valence-electron chi connectivity index (χ3n) is 5.65. The molecule has 150 valence electrons. The lowest BCUT2D eigenvalue weighted by molar-refractivity contribution is -0.142. The zero-order chi connectivity index (χ0) is 20.2. The van der Waals surface area contributed by atoms with Gasteiger partial charge in [0.15, 0.2) is 0 Å². The summed E-state index contributed by atoms with van der Waals surface area (Å²) >= 11 is 6.45. The van der Waals surface area contributed by atoms with Crippen LogP contribution in [0.15, 0.2) is 54.8 Å². The van der Waals surface area contributed by atoms with E-state index in [4.69, 9.17) is 16.6 Å². The van der Waals surface area contributed by atoms with Gasteiger partial charge in [-0.25, -0.2) is 9.97 Å². The van der Waals surface area contributed by atoms with E-state index in [1.165, 1.54) is 5.56 Å². The van der Waals surface area contributed by atoms with E-state index in [1.54, 1.807) is 6.20 Å². The molecule has 0 aliphatic heterocycles. The minimum Gasteiger partial charge on any atom is -0.481 e. The predicted molar refractivity (Wildman–Crippen MR) is 115 cm³/mol. The second kappa shape index (κ2) is 8.78. The molecule has 29 heavy (non-hydrogen) atoms. The van der Waals surface area contributed by atoms with Gasteiger partial charge in [0.1, 0.15) is 0 Å². The molecule has 1 fully saturated rings. The highest BCUT2D eigenvalue weighted by molar-refractivity contribution is 6.31. The van der Waals surface area contributed by atoms with E-state index in [-0.39, 0.29) is 17.9 Å². The number of aliphatic carboxylic acids is 1. The molecule has 0 saturated heterocycles. The Hall–Kier alpha value is -2.66. The fraction of sp³-hybridized carbons (Fsp3) is 0.348. The molecule has 2 unspecified atom stereocenters. The van der Waals surface area contributed by atoms with Crippen molar-refractivity contribution >= 4 is 29.1 Å². The number of allylic oxidation sites excluding steroid dienone is 4. The standard InChI is InChI=1S/C23H24ClN3O2/c24-20-14-25-23(26-19-11-5-10-18(13-19)22(28)29)27-21(20)17-9-4-8-16(12-17)15-6-2-1-3-7-15/h1-4,6-8,12,14,17-19H,5,9-11,13H2,(H,28,29)(H,25,26,27)/t17?,18-,19?/m0/s1. The SMILES string of the molecule is O=C(O)[C@H]1CCCC(Nc2ncc(Cl)c(C3C=C(c4ccccc4)C=CC3)n2)C1. The van der Waals surface area contributed by atoms with E-state index >= 15 is 0 Å². The monoisotopic (exact) mass is 409 g/mol. The first-order valence-electron chi connectivity index (χ1n) is 10.1. The smallest absolute Gasteiger partial charge is 0.306 e. The van der Waals surface area contributed by atoms with Crippen LogP contribution in [0, 0.1) is 5.92 Å². The first kappa shape index (κ1) is 19.6. The second-order valence-electron chi connectivity index (χ2n) is 7.70. The Labute approximate surface area is 175 Å². The summed E-state index contributed by atoms with van der Waals surface area (Å²) in [5, 5.41) is 13.2. The lowest BCUT2D eigenvalue weighted by atomic mass is 9.86. The summed E-state index contributed by atoms with van der Waals surface area (Å²) in [7, 11) is 0. The van der Waals surface area contributed by atoms with Crippen molar-refractivity contribution < 1.29 is 9.90 Å². The third kappa shape index (κ3) is 4.67. The number of carboxylic acid groups (broad SMARTS) is 1. The molecular weight excluding hydrogens is 386 g/mol. The van der Waals surface area contributed by atoms with Gasteiger partial charge in [0, 0.05) is 12.0 Å². The zero-order valence-corrected chi connectivity index (χ0v) is 16.8. The average Bonchev–Trinajstić information content (AvgIpc) is 2.76. The number of nitrogens with one attached hydrogen (secondary N) is 1. The highest BCUT2D eigenvalue weighted by atomic mass is 35.5. The molecule has 0 radical (unpaired) electrons. The van der Waals surface area contributed by atoms with E-state index in [9.17, 15) is 9.90 Å². The number of halogens is 1. The molecule has 5 nitrogen and oxygen atoms in total. The molecule has 1 aromatic heterocycles. The molecule has 2 aliphatic rings. The first-order chi connectivity index (χ1) is 14.1. The van der Waals surface area contributed by atoms with Gasteiger partial charge in [-0.3, -0.25) is 4.79 Å². The normalized spacial score (nSPS) is 24.0. The molecule has 1 saturated carbocycles. The van der Waals surface area contributed by atoms with Crippen molar-refractivity contribution in [2.75, 3.05) is 5.32 Å². The van der Waals surface area contributed by atoms with Crippen molar-refractivity contribution in [1.29, 1.82) is 0 Å². The van der Waals surface area contributed by atoms with Crippen molar-refractivity contribution in [3.8, 4) is 0 Å². The van der Waals surface area contributed by atoms with Crippen molar-refractivity contribution in [1.82, 2.24) is 9.97 Å². The second-order valence-corrected chi connectivity index (χ2v) is 8.11. The lowest BCUT2D eigenvalue weighted by Crippen LogP contribution is -2.31. The molecule has 2 N–H and O–H groups in total. The Morgan fingerprint density at radius 2 is 2.03 bits per heavy atom. The maximum atomic E-state index is 11.3. The molecule has 0 spiro atoms. The number of aromatic nitrogens is 2. The molecule has 1 heterocycles. The minimum atomic E-state index is -0.721. The Balaban J connectivity index is 1.53. The van der Waals surface area contributed by atoms with E-state index < -0.39 is 5.97 Å². The molecule has 6 heteroatoms. The molecule has 1 aromatic carbocycles.